The lowest BCUT2D eigenvalue weighted by Crippen LogP contribution is -2.50. The fourth-order valence-corrected chi connectivity index (χ4v) is 4.51. The fraction of sp³-hybridized carbons (Fsp3) is 0.652. The third-order valence-corrected chi connectivity index (χ3v) is 6.52. The van der Waals surface area contributed by atoms with E-state index in [-0.39, 0.29) is 17.7 Å². The molecule has 2 heterocycles. The molecule has 3 aliphatic rings. The molecule has 2 aliphatic heterocycles. The molecule has 152 valence electrons. The summed E-state index contributed by atoms with van der Waals surface area (Å²) < 4.78 is 0. The third kappa shape index (κ3) is 5.13. The molecule has 2 saturated heterocycles. The van der Waals surface area contributed by atoms with Gasteiger partial charge in [0, 0.05) is 32.2 Å². The molecule has 2 amide bonds. The number of benzene rings is 1. The summed E-state index contributed by atoms with van der Waals surface area (Å²) in [6.07, 6.45) is 7.14. The van der Waals surface area contributed by atoms with E-state index in [2.05, 4.69) is 5.32 Å². The first kappa shape index (κ1) is 19.4. The first-order valence-electron chi connectivity index (χ1n) is 11.0. The number of piperidine rings is 2. The Balaban J connectivity index is 1.24. The van der Waals surface area contributed by atoms with E-state index in [9.17, 15) is 9.59 Å². The van der Waals surface area contributed by atoms with Crippen LogP contribution >= 0.6 is 0 Å². The van der Waals surface area contributed by atoms with Crippen LogP contribution in [0.3, 0.4) is 0 Å². The number of nitrogens with zero attached hydrogens (tertiary/aromatic N) is 2. The lowest BCUT2D eigenvalue weighted by Gasteiger charge is -2.38. The van der Waals surface area contributed by atoms with Gasteiger partial charge in [0.15, 0.2) is 0 Å². The van der Waals surface area contributed by atoms with E-state index in [1.54, 1.807) is 0 Å². The molecular weight excluding hydrogens is 350 g/mol. The van der Waals surface area contributed by atoms with Crippen molar-refractivity contribution in [1.29, 1.82) is 0 Å². The second-order valence-electron chi connectivity index (χ2n) is 8.79. The molecule has 4 rings (SSSR count). The van der Waals surface area contributed by atoms with Gasteiger partial charge in [0.1, 0.15) is 0 Å². The minimum Gasteiger partial charge on any atom is -0.342 e. The van der Waals surface area contributed by atoms with Crippen molar-refractivity contribution >= 4 is 11.8 Å². The van der Waals surface area contributed by atoms with Gasteiger partial charge in [0.2, 0.25) is 11.8 Å². The van der Waals surface area contributed by atoms with Crippen LogP contribution in [0.25, 0.3) is 0 Å². The average molecular weight is 384 g/mol. The molecule has 0 spiro atoms. The number of amides is 2. The molecular formula is C23H33N3O2. The van der Waals surface area contributed by atoms with Crippen molar-refractivity contribution in [1.82, 2.24) is 15.1 Å². The van der Waals surface area contributed by atoms with Gasteiger partial charge < -0.3 is 15.1 Å². The summed E-state index contributed by atoms with van der Waals surface area (Å²) in [5.74, 6) is 1.29. The topological polar surface area (TPSA) is 52.7 Å². The highest BCUT2D eigenvalue weighted by molar-refractivity contribution is 5.82. The fourth-order valence-electron chi connectivity index (χ4n) is 4.51. The van der Waals surface area contributed by atoms with Gasteiger partial charge in [-0.3, -0.25) is 9.59 Å². The van der Waals surface area contributed by atoms with E-state index < -0.39 is 0 Å². The Bertz CT molecular complexity index is 666. The molecule has 1 aromatic carbocycles. The van der Waals surface area contributed by atoms with Crippen molar-refractivity contribution in [3.63, 3.8) is 0 Å². The number of carbonyl (C=O) groups is 2. The summed E-state index contributed by atoms with van der Waals surface area (Å²) >= 11 is 0. The highest BCUT2D eigenvalue weighted by Gasteiger charge is 2.33. The molecule has 0 bridgehead atoms. The van der Waals surface area contributed by atoms with Crippen LogP contribution in [0.2, 0.25) is 0 Å². The van der Waals surface area contributed by atoms with Crippen LogP contribution in [0.15, 0.2) is 30.3 Å². The monoisotopic (exact) mass is 383 g/mol. The summed E-state index contributed by atoms with van der Waals surface area (Å²) in [6, 6.07) is 10.5. The zero-order chi connectivity index (χ0) is 19.3. The molecule has 28 heavy (non-hydrogen) atoms. The Morgan fingerprint density at radius 1 is 0.929 bits per heavy atom. The Labute approximate surface area is 168 Å². The van der Waals surface area contributed by atoms with Crippen LogP contribution < -0.4 is 5.32 Å². The van der Waals surface area contributed by atoms with Gasteiger partial charge in [-0.25, -0.2) is 0 Å². The molecule has 1 unspecified atom stereocenters. The molecule has 1 aliphatic carbocycles. The summed E-state index contributed by atoms with van der Waals surface area (Å²) in [5, 5.41) is 3.68. The van der Waals surface area contributed by atoms with E-state index in [0.717, 1.165) is 63.3 Å². The predicted octanol–water partition coefficient (Wildman–Crippen LogP) is 2.46. The van der Waals surface area contributed by atoms with Crippen LogP contribution in [-0.4, -0.2) is 60.4 Å². The smallest absolute Gasteiger partial charge is 0.227 e. The Kier molecular flexibility index (Phi) is 6.30. The summed E-state index contributed by atoms with van der Waals surface area (Å²) in [5.41, 5.74) is 1.04. The standard InChI is InChI=1S/C23H33N3O2/c27-22(15-18-5-2-1-3-6-18)26-12-4-7-20(17-26)23(28)25-13-10-21(11-14-25)24-16-19-8-9-19/h1-3,5-6,19-21,24H,4,7-17H2. The summed E-state index contributed by atoms with van der Waals surface area (Å²) in [7, 11) is 0. The number of rotatable bonds is 6. The van der Waals surface area contributed by atoms with Gasteiger partial charge in [-0.05, 0) is 56.6 Å². The molecule has 5 nitrogen and oxygen atoms in total. The lowest BCUT2D eigenvalue weighted by molar-refractivity contribution is -0.141. The maximum Gasteiger partial charge on any atom is 0.227 e. The minimum absolute atomic E-state index is 0.0237. The molecule has 1 N–H and O–H groups in total. The minimum atomic E-state index is -0.0237. The van der Waals surface area contributed by atoms with Gasteiger partial charge in [0.25, 0.3) is 0 Å². The van der Waals surface area contributed by atoms with Gasteiger partial charge in [-0.1, -0.05) is 30.3 Å². The van der Waals surface area contributed by atoms with Gasteiger partial charge in [-0.15, -0.1) is 0 Å². The van der Waals surface area contributed by atoms with Crippen molar-refractivity contribution in [2.45, 2.75) is 51.0 Å². The van der Waals surface area contributed by atoms with Gasteiger partial charge in [0.05, 0.1) is 12.3 Å². The predicted molar refractivity (Wildman–Crippen MR) is 110 cm³/mol. The lowest BCUT2D eigenvalue weighted by atomic mass is 9.94. The molecule has 1 atom stereocenters. The quantitative estimate of drug-likeness (QED) is 0.821. The van der Waals surface area contributed by atoms with Crippen molar-refractivity contribution in [2.24, 2.45) is 11.8 Å². The maximum absolute atomic E-state index is 13.0. The first-order chi connectivity index (χ1) is 13.7. The van der Waals surface area contributed by atoms with Crippen LogP contribution in [0.4, 0.5) is 0 Å². The SMILES string of the molecule is O=C(Cc1ccccc1)N1CCCC(C(=O)N2CCC(NCC3CC3)CC2)C1. The first-order valence-corrected chi connectivity index (χ1v) is 11.0. The van der Waals surface area contributed by atoms with Crippen LogP contribution in [0, 0.1) is 11.8 Å². The van der Waals surface area contributed by atoms with Crippen molar-refractivity contribution in [2.75, 3.05) is 32.7 Å². The Hall–Kier alpha value is -1.88. The summed E-state index contributed by atoms with van der Waals surface area (Å²) in [6.45, 7) is 4.23. The zero-order valence-corrected chi connectivity index (χ0v) is 16.8. The largest absolute Gasteiger partial charge is 0.342 e. The van der Waals surface area contributed by atoms with E-state index >= 15 is 0 Å². The van der Waals surface area contributed by atoms with E-state index in [1.807, 2.05) is 40.1 Å². The van der Waals surface area contributed by atoms with E-state index in [1.165, 1.54) is 12.8 Å². The maximum atomic E-state index is 13.0. The van der Waals surface area contributed by atoms with Crippen molar-refractivity contribution in [3.05, 3.63) is 35.9 Å². The van der Waals surface area contributed by atoms with E-state index in [4.69, 9.17) is 0 Å². The van der Waals surface area contributed by atoms with Crippen molar-refractivity contribution in [3.8, 4) is 0 Å². The Morgan fingerprint density at radius 3 is 2.39 bits per heavy atom. The Morgan fingerprint density at radius 2 is 1.68 bits per heavy atom. The second-order valence-corrected chi connectivity index (χ2v) is 8.79. The van der Waals surface area contributed by atoms with Crippen LogP contribution in [0.1, 0.15) is 44.1 Å². The number of nitrogens with one attached hydrogen (secondary N) is 1. The molecule has 5 heteroatoms. The number of hydrogen-bond donors (Lipinski definition) is 1. The molecule has 0 aromatic heterocycles. The van der Waals surface area contributed by atoms with E-state index in [0.29, 0.717) is 19.0 Å². The summed E-state index contributed by atoms with van der Waals surface area (Å²) in [4.78, 5) is 29.7. The highest BCUT2D eigenvalue weighted by Crippen LogP contribution is 2.28. The number of hydrogen-bond acceptors (Lipinski definition) is 3. The number of carbonyl (C=O) groups excluding carboxylic acids is 2. The van der Waals surface area contributed by atoms with Crippen molar-refractivity contribution < 1.29 is 9.59 Å². The number of likely N-dealkylation sites (tertiary alicyclic amines) is 2. The highest BCUT2D eigenvalue weighted by atomic mass is 16.2. The normalized spacial score (nSPS) is 23.6. The van der Waals surface area contributed by atoms with Crippen LogP contribution in [-0.2, 0) is 16.0 Å². The second kappa shape index (κ2) is 9.08. The molecule has 3 fully saturated rings. The average Bonchev–Trinajstić information content (AvgIpc) is 3.57. The third-order valence-electron chi connectivity index (χ3n) is 6.52. The molecule has 1 aromatic rings. The van der Waals surface area contributed by atoms with Crippen LogP contribution in [0.5, 0.6) is 0 Å². The van der Waals surface area contributed by atoms with Gasteiger partial charge >= 0.3 is 0 Å². The zero-order valence-electron chi connectivity index (χ0n) is 16.8. The molecule has 1 saturated carbocycles. The van der Waals surface area contributed by atoms with Gasteiger partial charge in [-0.2, -0.15) is 0 Å². The molecule has 0 radical (unpaired) electrons.